The van der Waals surface area contributed by atoms with Crippen LogP contribution < -0.4 is 15.4 Å². The standard InChI is InChI=1S/C17H24N2O3/c1-3-9-18-16(20)14-11-15(14)17(21)19-10-8-12-4-6-13(22-2)7-5-12/h4-7,14-15H,3,8-11H2,1-2H3,(H,18,20)(H,19,21). The highest BCUT2D eigenvalue weighted by molar-refractivity contribution is 5.92. The van der Waals surface area contributed by atoms with Gasteiger partial charge in [-0.2, -0.15) is 0 Å². The van der Waals surface area contributed by atoms with Crippen molar-refractivity contribution in [2.75, 3.05) is 20.2 Å². The first-order chi connectivity index (χ1) is 10.7. The van der Waals surface area contributed by atoms with Crippen molar-refractivity contribution in [2.45, 2.75) is 26.2 Å². The number of carbonyl (C=O) groups is 2. The van der Waals surface area contributed by atoms with E-state index in [0.717, 1.165) is 24.2 Å². The van der Waals surface area contributed by atoms with Gasteiger partial charge in [0.15, 0.2) is 0 Å². The van der Waals surface area contributed by atoms with Gasteiger partial charge in [0.1, 0.15) is 5.75 Å². The molecular weight excluding hydrogens is 280 g/mol. The normalized spacial score (nSPS) is 19.4. The maximum absolute atomic E-state index is 12.0. The number of rotatable bonds is 8. The first kappa shape index (κ1) is 16.3. The first-order valence-electron chi connectivity index (χ1n) is 7.84. The summed E-state index contributed by atoms with van der Waals surface area (Å²) < 4.78 is 5.11. The first-order valence-corrected chi connectivity index (χ1v) is 7.84. The van der Waals surface area contributed by atoms with Gasteiger partial charge < -0.3 is 15.4 Å². The molecule has 0 spiro atoms. The van der Waals surface area contributed by atoms with Gasteiger partial charge in [-0.3, -0.25) is 9.59 Å². The fourth-order valence-corrected chi connectivity index (χ4v) is 2.41. The molecule has 0 aliphatic heterocycles. The molecule has 0 radical (unpaired) electrons. The van der Waals surface area contributed by atoms with Gasteiger partial charge >= 0.3 is 0 Å². The van der Waals surface area contributed by atoms with Crippen molar-refractivity contribution in [2.24, 2.45) is 11.8 Å². The molecule has 0 bridgehead atoms. The summed E-state index contributed by atoms with van der Waals surface area (Å²) in [6, 6.07) is 7.80. The smallest absolute Gasteiger partial charge is 0.223 e. The Labute approximate surface area is 131 Å². The maximum Gasteiger partial charge on any atom is 0.223 e. The molecule has 120 valence electrons. The summed E-state index contributed by atoms with van der Waals surface area (Å²) in [5.41, 5.74) is 1.15. The molecule has 22 heavy (non-hydrogen) atoms. The lowest BCUT2D eigenvalue weighted by Crippen LogP contribution is -2.31. The predicted octanol–water partition coefficient (Wildman–Crippen LogP) is 1.52. The second kappa shape index (κ2) is 7.82. The number of nitrogens with one attached hydrogen (secondary N) is 2. The zero-order chi connectivity index (χ0) is 15.9. The van der Waals surface area contributed by atoms with Crippen molar-refractivity contribution in [1.29, 1.82) is 0 Å². The lowest BCUT2D eigenvalue weighted by Gasteiger charge is -2.06. The van der Waals surface area contributed by atoms with E-state index in [1.807, 2.05) is 31.2 Å². The predicted molar refractivity (Wildman–Crippen MR) is 84.6 cm³/mol. The SMILES string of the molecule is CCCNC(=O)C1CC1C(=O)NCCc1ccc(OC)cc1. The molecule has 0 saturated heterocycles. The maximum atomic E-state index is 12.0. The minimum Gasteiger partial charge on any atom is -0.497 e. The molecule has 1 saturated carbocycles. The Morgan fingerprint density at radius 3 is 2.23 bits per heavy atom. The molecule has 0 aromatic heterocycles. The molecule has 1 aliphatic rings. The summed E-state index contributed by atoms with van der Waals surface area (Å²) in [5, 5.41) is 5.75. The second-order valence-electron chi connectivity index (χ2n) is 5.63. The zero-order valence-corrected chi connectivity index (χ0v) is 13.2. The number of methoxy groups -OCH3 is 1. The van der Waals surface area contributed by atoms with Crippen LogP contribution >= 0.6 is 0 Å². The molecule has 2 unspecified atom stereocenters. The van der Waals surface area contributed by atoms with Crippen LogP contribution in [-0.2, 0) is 16.0 Å². The third kappa shape index (κ3) is 4.48. The van der Waals surface area contributed by atoms with Crippen molar-refractivity contribution < 1.29 is 14.3 Å². The molecule has 1 aliphatic carbocycles. The molecule has 5 nitrogen and oxygen atoms in total. The molecule has 2 amide bonds. The molecule has 5 heteroatoms. The molecule has 1 aromatic carbocycles. The largest absolute Gasteiger partial charge is 0.497 e. The number of amides is 2. The van der Waals surface area contributed by atoms with Crippen molar-refractivity contribution in [3.63, 3.8) is 0 Å². The van der Waals surface area contributed by atoms with E-state index in [2.05, 4.69) is 10.6 Å². The number of hydrogen-bond donors (Lipinski definition) is 2. The average molecular weight is 304 g/mol. The Bertz CT molecular complexity index is 513. The van der Waals surface area contributed by atoms with Gasteiger partial charge in [-0.1, -0.05) is 19.1 Å². The van der Waals surface area contributed by atoms with Crippen LogP contribution in [0.2, 0.25) is 0 Å². The highest BCUT2D eigenvalue weighted by Crippen LogP contribution is 2.38. The van der Waals surface area contributed by atoms with Crippen LogP contribution in [0.25, 0.3) is 0 Å². The van der Waals surface area contributed by atoms with Gasteiger partial charge in [0.05, 0.1) is 18.9 Å². The highest BCUT2D eigenvalue weighted by Gasteiger charge is 2.47. The van der Waals surface area contributed by atoms with Gasteiger partial charge in [-0.05, 0) is 37.0 Å². The van der Waals surface area contributed by atoms with E-state index in [4.69, 9.17) is 4.74 Å². The minimum atomic E-state index is -0.146. The van der Waals surface area contributed by atoms with Crippen LogP contribution in [0.5, 0.6) is 5.75 Å². The van der Waals surface area contributed by atoms with E-state index < -0.39 is 0 Å². The van der Waals surface area contributed by atoms with Crippen LogP contribution in [0.15, 0.2) is 24.3 Å². The van der Waals surface area contributed by atoms with Crippen LogP contribution in [0.1, 0.15) is 25.3 Å². The molecule has 0 heterocycles. The van der Waals surface area contributed by atoms with Crippen LogP contribution in [0, 0.1) is 11.8 Å². The van der Waals surface area contributed by atoms with E-state index in [1.54, 1.807) is 7.11 Å². The topological polar surface area (TPSA) is 67.4 Å². The zero-order valence-electron chi connectivity index (χ0n) is 13.2. The number of benzene rings is 1. The molecule has 1 fully saturated rings. The summed E-state index contributed by atoms with van der Waals surface area (Å²) in [5.74, 6) is 0.550. The van der Waals surface area contributed by atoms with E-state index in [9.17, 15) is 9.59 Å². The van der Waals surface area contributed by atoms with Crippen molar-refractivity contribution in [3.05, 3.63) is 29.8 Å². The van der Waals surface area contributed by atoms with E-state index in [0.29, 0.717) is 19.5 Å². The van der Waals surface area contributed by atoms with Gasteiger partial charge in [0.2, 0.25) is 11.8 Å². The average Bonchev–Trinajstić information content (AvgIpc) is 3.34. The quantitative estimate of drug-likeness (QED) is 0.765. The summed E-state index contributed by atoms with van der Waals surface area (Å²) in [7, 11) is 1.64. The Kier molecular flexibility index (Phi) is 5.81. The van der Waals surface area contributed by atoms with Crippen molar-refractivity contribution >= 4 is 11.8 Å². The molecule has 2 rings (SSSR count). The van der Waals surface area contributed by atoms with Crippen LogP contribution in [0.3, 0.4) is 0 Å². The highest BCUT2D eigenvalue weighted by atomic mass is 16.5. The molecule has 2 N–H and O–H groups in total. The fourth-order valence-electron chi connectivity index (χ4n) is 2.41. The Hall–Kier alpha value is -2.04. The van der Waals surface area contributed by atoms with E-state index in [1.165, 1.54) is 0 Å². The lowest BCUT2D eigenvalue weighted by molar-refractivity contribution is -0.127. The van der Waals surface area contributed by atoms with Crippen molar-refractivity contribution in [3.8, 4) is 5.75 Å². The minimum absolute atomic E-state index is 0.00911. The third-order valence-corrected chi connectivity index (χ3v) is 3.89. The van der Waals surface area contributed by atoms with Gasteiger partial charge in [0.25, 0.3) is 0 Å². The molecular formula is C17H24N2O3. The van der Waals surface area contributed by atoms with Gasteiger partial charge in [-0.15, -0.1) is 0 Å². The van der Waals surface area contributed by atoms with E-state index in [-0.39, 0.29) is 23.7 Å². The Morgan fingerprint density at radius 1 is 1.09 bits per heavy atom. The Balaban J connectivity index is 1.67. The summed E-state index contributed by atoms with van der Waals surface area (Å²) in [6.45, 7) is 3.28. The fraction of sp³-hybridized carbons (Fsp3) is 0.529. The summed E-state index contributed by atoms with van der Waals surface area (Å²) >= 11 is 0. The number of hydrogen-bond acceptors (Lipinski definition) is 3. The molecule has 2 atom stereocenters. The third-order valence-electron chi connectivity index (χ3n) is 3.89. The van der Waals surface area contributed by atoms with Gasteiger partial charge in [-0.25, -0.2) is 0 Å². The monoisotopic (exact) mass is 304 g/mol. The number of ether oxygens (including phenoxy) is 1. The molecule has 1 aromatic rings. The van der Waals surface area contributed by atoms with E-state index >= 15 is 0 Å². The van der Waals surface area contributed by atoms with Gasteiger partial charge in [0, 0.05) is 13.1 Å². The van der Waals surface area contributed by atoms with Crippen molar-refractivity contribution in [1.82, 2.24) is 10.6 Å². The second-order valence-corrected chi connectivity index (χ2v) is 5.63. The number of carbonyl (C=O) groups excluding carboxylic acids is 2. The lowest BCUT2D eigenvalue weighted by atomic mass is 10.1. The van der Waals surface area contributed by atoms with Crippen LogP contribution in [-0.4, -0.2) is 32.0 Å². The summed E-state index contributed by atoms with van der Waals surface area (Å²) in [4.78, 5) is 23.7. The Morgan fingerprint density at radius 2 is 1.68 bits per heavy atom. The summed E-state index contributed by atoms with van der Waals surface area (Å²) in [6.07, 6.45) is 2.36. The van der Waals surface area contributed by atoms with Crippen LogP contribution in [0.4, 0.5) is 0 Å².